The summed E-state index contributed by atoms with van der Waals surface area (Å²) in [4.78, 5) is 23.4. The van der Waals surface area contributed by atoms with E-state index in [1.54, 1.807) is 30.6 Å². The zero-order valence-electron chi connectivity index (χ0n) is 19.0. The van der Waals surface area contributed by atoms with Crippen molar-refractivity contribution in [2.75, 3.05) is 18.0 Å². The lowest BCUT2D eigenvalue weighted by atomic mass is 9.96. The molecular weight excluding hydrogens is 506 g/mol. The molecule has 2 aromatic heterocycles. The summed E-state index contributed by atoms with van der Waals surface area (Å²) >= 11 is 1.22. The van der Waals surface area contributed by atoms with Crippen LogP contribution in [0.1, 0.15) is 18.4 Å². The van der Waals surface area contributed by atoms with Crippen LogP contribution in [0.4, 0.5) is 13.9 Å². The third kappa shape index (κ3) is 4.73. The number of benzene rings is 2. The van der Waals surface area contributed by atoms with Crippen molar-refractivity contribution in [3.8, 4) is 0 Å². The fraction of sp³-hybridized carbons (Fsp3) is 0.240. The maximum atomic E-state index is 14.3. The van der Waals surface area contributed by atoms with Gasteiger partial charge in [0.05, 0.1) is 11.2 Å². The largest absolute Gasteiger partial charge is 0.283 e. The third-order valence-corrected chi connectivity index (χ3v) is 9.15. The third-order valence-electron chi connectivity index (χ3n) is 6.18. The minimum atomic E-state index is -4.01. The maximum Gasteiger partial charge on any atom is 0.245 e. The van der Waals surface area contributed by atoms with Crippen LogP contribution in [0.2, 0.25) is 0 Å². The highest BCUT2D eigenvalue weighted by atomic mass is 32.2. The predicted molar refractivity (Wildman–Crippen MR) is 133 cm³/mol. The van der Waals surface area contributed by atoms with Gasteiger partial charge in [0, 0.05) is 31.4 Å². The van der Waals surface area contributed by atoms with Crippen molar-refractivity contribution in [3.63, 3.8) is 0 Å². The molecule has 5 rings (SSSR count). The van der Waals surface area contributed by atoms with Gasteiger partial charge < -0.3 is 0 Å². The molecule has 4 aromatic rings. The molecule has 36 heavy (non-hydrogen) atoms. The van der Waals surface area contributed by atoms with E-state index in [9.17, 15) is 22.0 Å². The van der Waals surface area contributed by atoms with Gasteiger partial charge in [-0.25, -0.2) is 22.2 Å². The Kier molecular flexibility index (Phi) is 6.78. The lowest BCUT2D eigenvalue weighted by Crippen LogP contribution is -2.44. The number of piperidine rings is 1. The van der Waals surface area contributed by atoms with Gasteiger partial charge in [-0.05, 0) is 48.7 Å². The van der Waals surface area contributed by atoms with Crippen LogP contribution in [0.15, 0.2) is 71.9 Å². The summed E-state index contributed by atoms with van der Waals surface area (Å²) in [5.41, 5.74) is 0.984. The van der Waals surface area contributed by atoms with Crippen molar-refractivity contribution in [2.24, 2.45) is 5.92 Å². The lowest BCUT2D eigenvalue weighted by molar-refractivity contribution is -0.123. The summed E-state index contributed by atoms with van der Waals surface area (Å²) in [6.07, 6.45) is 3.83. The number of fused-ring (bicyclic) bond motifs is 1. The van der Waals surface area contributed by atoms with Crippen LogP contribution >= 0.6 is 11.3 Å². The van der Waals surface area contributed by atoms with Crippen molar-refractivity contribution in [1.82, 2.24) is 14.3 Å². The molecule has 1 aliphatic rings. The Balaban J connectivity index is 1.39. The van der Waals surface area contributed by atoms with Gasteiger partial charge in [0.1, 0.15) is 22.0 Å². The van der Waals surface area contributed by atoms with E-state index in [1.165, 1.54) is 44.8 Å². The smallest absolute Gasteiger partial charge is 0.245 e. The van der Waals surface area contributed by atoms with E-state index in [0.29, 0.717) is 9.83 Å². The molecule has 0 spiro atoms. The summed E-state index contributed by atoms with van der Waals surface area (Å²) in [7, 11) is -4.01. The Hall–Kier alpha value is -3.28. The molecule has 1 fully saturated rings. The van der Waals surface area contributed by atoms with Gasteiger partial charge in [0.2, 0.25) is 15.9 Å². The number of aromatic nitrogens is 2. The number of pyridine rings is 1. The molecule has 0 aliphatic carbocycles. The number of amides is 1. The highest BCUT2D eigenvalue weighted by Gasteiger charge is 2.36. The number of carbonyl (C=O) groups excluding carboxylic acids is 1. The van der Waals surface area contributed by atoms with Crippen LogP contribution in [0.3, 0.4) is 0 Å². The number of carbonyl (C=O) groups is 1. The standard InChI is InChI=1S/C25H22F2N4O3S2/c26-19-6-1-2-9-22(19)36(33,34)30-13-10-18(11-14-30)24(32)31(16-17-5-4-12-28-15-17)25-29-23-20(27)7-3-8-21(23)35-25/h1-9,12,15,18H,10-11,13-14,16H2. The van der Waals surface area contributed by atoms with Crippen LogP contribution < -0.4 is 4.90 Å². The van der Waals surface area contributed by atoms with E-state index in [0.717, 1.165) is 11.6 Å². The average Bonchev–Trinajstić information content (AvgIpc) is 3.33. The molecular formula is C25H22F2N4O3S2. The first-order valence-corrected chi connectivity index (χ1v) is 13.6. The minimum Gasteiger partial charge on any atom is -0.283 e. The Morgan fingerprint density at radius 1 is 1.03 bits per heavy atom. The number of rotatable bonds is 6. The van der Waals surface area contributed by atoms with Gasteiger partial charge in [0.25, 0.3) is 0 Å². The van der Waals surface area contributed by atoms with Crippen LogP contribution in [0.5, 0.6) is 0 Å². The first-order chi connectivity index (χ1) is 17.3. The number of halogens is 2. The second-order valence-corrected chi connectivity index (χ2v) is 11.4. The topological polar surface area (TPSA) is 83.5 Å². The van der Waals surface area contributed by atoms with Gasteiger partial charge in [-0.2, -0.15) is 4.31 Å². The van der Waals surface area contributed by atoms with Crippen molar-refractivity contribution < 1.29 is 22.0 Å². The van der Waals surface area contributed by atoms with E-state index >= 15 is 0 Å². The van der Waals surface area contributed by atoms with E-state index < -0.39 is 27.6 Å². The van der Waals surface area contributed by atoms with Gasteiger partial charge in [-0.3, -0.25) is 14.7 Å². The second kappa shape index (κ2) is 10.00. The van der Waals surface area contributed by atoms with Gasteiger partial charge in [-0.15, -0.1) is 0 Å². The zero-order valence-corrected chi connectivity index (χ0v) is 20.7. The van der Waals surface area contributed by atoms with Crippen LogP contribution in [0.25, 0.3) is 10.2 Å². The lowest BCUT2D eigenvalue weighted by Gasteiger charge is -2.33. The van der Waals surface area contributed by atoms with Crippen LogP contribution in [0, 0.1) is 17.6 Å². The fourth-order valence-corrected chi connectivity index (χ4v) is 6.81. The number of thiazole rings is 1. The number of hydrogen-bond donors (Lipinski definition) is 0. The van der Waals surface area contributed by atoms with Crippen molar-refractivity contribution in [2.45, 2.75) is 24.3 Å². The molecule has 186 valence electrons. The molecule has 1 saturated heterocycles. The van der Waals surface area contributed by atoms with Crippen molar-refractivity contribution >= 4 is 42.6 Å². The Morgan fingerprint density at radius 2 is 1.78 bits per heavy atom. The molecule has 0 saturated carbocycles. The summed E-state index contributed by atoms with van der Waals surface area (Å²) in [5.74, 6) is -1.95. The molecule has 0 N–H and O–H groups in total. The van der Waals surface area contributed by atoms with E-state index in [-0.39, 0.29) is 48.8 Å². The van der Waals surface area contributed by atoms with Crippen LogP contribution in [-0.2, 0) is 21.4 Å². The SMILES string of the molecule is O=C(C1CCN(S(=O)(=O)c2ccccc2F)CC1)N(Cc1cccnc1)c1nc2c(F)cccc2s1. The minimum absolute atomic E-state index is 0.0856. The molecule has 11 heteroatoms. The number of nitrogens with zero attached hydrogens (tertiary/aromatic N) is 4. The Labute approximate surface area is 211 Å². The Morgan fingerprint density at radius 3 is 2.47 bits per heavy atom. The number of hydrogen-bond acceptors (Lipinski definition) is 6. The van der Waals surface area contributed by atoms with Crippen molar-refractivity contribution in [1.29, 1.82) is 0 Å². The van der Waals surface area contributed by atoms with Gasteiger partial charge >= 0.3 is 0 Å². The molecule has 1 amide bonds. The summed E-state index contributed by atoms with van der Waals surface area (Å²) in [6.45, 7) is 0.367. The molecule has 0 atom stereocenters. The van der Waals surface area contributed by atoms with Gasteiger partial charge in [0.15, 0.2) is 5.13 Å². The summed E-state index contributed by atoms with van der Waals surface area (Å²) < 4.78 is 56.2. The molecule has 0 unspecified atom stereocenters. The number of sulfonamides is 1. The zero-order chi connectivity index (χ0) is 25.3. The summed E-state index contributed by atoms with van der Waals surface area (Å²) in [5, 5.41) is 0.366. The normalized spacial score (nSPS) is 15.3. The first-order valence-electron chi connectivity index (χ1n) is 11.3. The first kappa shape index (κ1) is 24.4. The average molecular weight is 529 g/mol. The van der Waals surface area contributed by atoms with E-state index in [2.05, 4.69) is 9.97 Å². The fourth-order valence-electron chi connectivity index (χ4n) is 4.29. The summed E-state index contributed by atoms with van der Waals surface area (Å²) in [6, 6.07) is 13.5. The van der Waals surface area contributed by atoms with Crippen LogP contribution in [-0.4, -0.2) is 41.7 Å². The highest BCUT2D eigenvalue weighted by Crippen LogP contribution is 2.34. The maximum absolute atomic E-state index is 14.3. The monoisotopic (exact) mass is 528 g/mol. The second-order valence-electron chi connectivity index (χ2n) is 8.48. The molecule has 7 nitrogen and oxygen atoms in total. The van der Waals surface area contributed by atoms with E-state index in [4.69, 9.17) is 0 Å². The molecule has 3 heterocycles. The van der Waals surface area contributed by atoms with Gasteiger partial charge in [-0.1, -0.05) is 35.6 Å². The number of anilines is 1. The Bertz CT molecular complexity index is 1500. The number of para-hydroxylation sites is 1. The van der Waals surface area contributed by atoms with E-state index in [1.807, 2.05) is 6.07 Å². The molecule has 0 radical (unpaired) electrons. The predicted octanol–water partition coefficient (Wildman–Crippen LogP) is 4.60. The molecule has 2 aromatic carbocycles. The quantitative estimate of drug-likeness (QED) is 0.365. The van der Waals surface area contributed by atoms with Crippen molar-refractivity contribution in [3.05, 3.63) is 84.2 Å². The molecule has 0 bridgehead atoms. The molecule has 1 aliphatic heterocycles. The highest BCUT2D eigenvalue weighted by molar-refractivity contribution is 7.89.